The molecular formula is C7H4BrF2NO2. The van der Waals surface area contributed by atoms with Gasteiger partial charge < -0.3 is 5.11 Å². The summed E-state index contributed by atoms with van der Waals surface area (Å²) in [6.07, 6.45) is -1.45. The molecule has 0 fully saturated rings. The van der Waals surface area contributed by atoms with Crippen molar-refractivity contribution in [2.24, 2.45) is 0 Å². The Labute approximate surface area is 80.5 Å². The molecular weight excluding hydrogens is 248 g/mol. The van der Waals surface area contributed by atoms with Crippen LogP contribution in [0.5, 0.6) is 0 Å². The fourth-order valence-corrected chi connectivity index (χ4v) is 1.19. The molecule has 0 aliphatic rings. The van der Waals surface area contributed by atoms with Crippen LogP contribution in [0.2, 0.25) is 0 Å². The van der Waals surface area contributed by atoms with Crippen LogP contribution < -0.4 is 5.32 Å². The normalized spacial score (nSPS) is 9.77. The highest BCUT2D eigenvalue weighted by Crippen LogP contribution is 2.23. The van der Waals surface area contributed by atoms with E-state index in [2.05, 4.69) is 15.9 Å². The van der Waals surface area contributed by atoms with E-state index in [0.717, 1.165) is 12.1 Å². The summed E-state index contributed by atoms with van der Waals surface area (Å²) in [6, 6.07) is 2.04. The number of amides is 1. The average molecular weight is 252 g/mol. The minimum absolute atomic E-state index is 0.259. The number of halogens is 3. The van der Waals surface area contributed by atoms with Crippen molar-refractivity contribution in [3.63, 3.8) is 0 Å². The molecule has 0 saturated carbocycles. The van der Waals surface area contributed by atoms with Crippen LogP contribution in [-0.2, 0) is 0 Å². The molecule has 0 aliphatic heterocycles. The number of carboxylic acid groups (broad SMARTS) is 1. The van der Waals surface area contributed by atoms with Gasteiger partial charge in [0.05, 0.1) is 5.69 Å². The number of nitrogens with one attached hydrogen (secondary N) is 1. The van der Waals surface area contributed by atoms with Crippen molar-refractivity contribution in [3.8, 4) is 0 Å². The molecule has 0 aromatic heterocycles. The fraction of sp³-hybridized carbons (Fsp3) is 0. The van der Waals surface area contributed by atoms with Gasteiger partial charge in [-0.1, -0.05) is 15.9 Å². The summed E-state index contributed by atoms with van der Waals surface area (Å²) in [5, 5.41) is 9.98. The van der Waals surface area contributed by atoms with Crippen LogP contribution in [0.1, 0.15) is 0 Å². The second-order valence-electron chi connectivity index (χ2n) is 2.18. The van der Waals surface area contributed by atoms with Crippen molar-refractivity contribution in [2.75, 3.05) is 5.32 Å². The first-order valence-electron chi connectivity index (χ1n) is 3.15. The van der Waals surface area contributed by atoms with Crippen LogP contribution in [-0.4, -0.2) is 11.2 Å². The summed E-state index contributed by atoms with van der Waals surface area (Å²) < 4.78 is 25.7. The van der Waals surface area contributed by atoms with E-state index in [1.54, 1.807) is 5.32 Å². The van der Waals surface area contributed by atoms with Gasteiger partial charge in [-0.15, -0.1) is 0 Å². The van der Waals surface area contributed by atoms with E-state index in [4.69, 9.17) is 5.11 Å². The van der Waals surface area contributed by atoms with E-state index in [1.165, 1.54) is 0 Å². The highest BCUT2D eigenvalue weighted by molar-refractivity contribution is 9.10. The maximum absolute atomic E-state index is 12.8. The van der Waals surface area contributed by atoms with Gasteiger partial charge in [0.25, 0.3) is 0 Å². The van der Waals surface area contributed by atoms with Gasteiger partial charge in [-0.2, -0.15) is 0 Å². The first-order valence-corrected chi connectivity index (χ1v) is 3.94. The zero-order valence-corrected chi connectivity index (χ0v) is 7.73. The molecule has 70 valence electrons. The van der Waals surface area contributed by atoms with Gasteiger partial charge in [0.1, 0.15) is 0 Å². The average Bonchev–Trinajstić information content (AvgIpc) is 1.98. The van der Waals surface area contributed by atoms with Crippen molar-refractivity contribution in [2.45, 2.75) is 0 Å². The molecule has 1 aromatic carbocycles. The van der Waals surface area contributed by atoms with Crippen LogP contribution >= 0.6 is 15.9 Å². The SMILES string of the molecule is O=C(O)Nc1cc(Br)cc(F)c1F. The fourth-order valence-electron chi connectivity index (χ4n) is 0.762. The molecule has 0 aliphatic carbocycles. The van der Waals surface area contributed by atoms with Gasteiger partial charge in [0.15, 0.2) is 11.6 Å². The summed E-state index contributed by atoms with van der Waals surface area (Å²) in [5.74, 6) is -2.33. The molecule has 0 radical (unpaired) electrons. The lowest BCUT2D eigenvalue weighted by atomic mass is 10.3. The Hall–Kier alpha value is -1.17. The van der Waals surface area contributed by atoms with E-state index in [-0.39, 0.29) is 4.47 Å². The Kier molecular flexibility index (Phi) is 2.82. The Bertz CT molecular complexity index is 357. The molecule has 3 nitrogen and oxygen atoms in total. The van der Waals surface area contributed by atoms with E-state index in [1.807, 2.05) is 0 Å². The first kappa shape index (κ1) is 9.91. The Morgan fingerprint density at radius 3 is 2.62 bits per heavy atom. The molecule has 1 rings (SSSR count). The predicted molar refractivity (Wildman–Crippen MR) is 45.7 cm³/mol. The summed E-state index contributed by atoms with van der Waals surface area (Å²) in [4.78, 5) is 10.1. The van der Waals surface area contributed by atoms with E-state index in [0.29, 0.717) is 0 Å². The lowest BCUT2D eigenvalue weighted by Crippen LogP contribution is -2.09. The highest BCUT2D eigenvalue weighted by atomic mass is 79.9. The number of rotatable bonds is 1. The van der Waals surface area contributed by atoms with E-state index in [9.17, 15) is 13.6 Å². The van der Waals surface area contributed by atoms with Crippen molar-refractivity contribution >= 4 is 27.7 Å². The zero-order valence-electron chi connectivity index (χ0n) is 6.14. The zero-order chi connectivity index (χ0) is 10.0. The maximum atomic E-state index is 12.8. The number of hydrogen-bond acceptors (Lipinski definition) is 1. The minimum atomic E-state index is -1.45. The van der Waals surface area contributed by atoms with Crippen LogP contribution in [0.3, 0.4) is 0 Å². The highest BCUT2D eigenvalue weighted by Gasteiger charge is 2.11. The topological polar surface area (TPSA) is 49.3 Å². The molecule has 6 heteroatoms. The molecule has 13 heavy (non-hydrogen) atoms. The van der Waals surface area contributed by atoms with Gasteiger partial charge >= 0.3 is 6.09 Å². The smallest absolute Gasteiger partial charge is 0.409 e. The molecule has 0 atom stereocenters. The Morgan fingerprint density at radius 1 is 1.46 bits per heavy atom. The minimum Gasteiger partial charge on any atom is -0.465 e. The molecule has 0 bridgehead atoms. The second kappa shape index (κ2) is 3.69. The summed E-state index contributed by atoms with van der Waals surface area (Å²) in [6.45, 7) is 0. The first-order chi connectivity index (χ1) is 6.00. The molecule has 1 aromatic rings. The third-order valence-electron chi connectivity index (χ3n) is 1.23. The van der Waals surface area contributed by atoms with Crippen molar-refractivity contribution in [1.29, 1.82) is 0 Å². The van der Waals surface area contributed by atoms with Crippen molar-refractivity contribution in [3.05, 3.63) is 28.2 Å². The third kappa shape index (κ3) is 2.38. The Balaban J connectivity index is 3.12. The van der Waals surface area contributed by atoms with Gasteiger partial charge in [-0.05, 0) is 12.1 Å². The third-order valence-corrected chi connectivity index (χ3v) is 1.69. The lowest BCUT2D eigenvalue weighted by Gasteiger charge is -2.03. The molecule has 0 heterocycles. The van der Waals surface area contributed by atoms with Crippen molar-refractivity contribution < 1.29 is 18.7 Å². The standard InChI is InChI=1S/C7H4BrF2NO2/c8-3-1-4(9)6(10)5(2-3)11-7(12)13/h1-2,11H,(H,12,13). The summed E-state index contributed by atoms with van der Waals surface area (Å²) >= 11 is 2.90. The second-order valence-corrected chi connectivity index (χ2v) is 3.09. The molecule has 0 spiro atoms. The number of hydrogen-bond donors (Lipinski definition) is 2. The van der Waals surface area contributed by atoms with Gasteiger partial charge in [0, 0.05) is 4.47 Å². The summed E-state index contributed by atoms with van der Waals surface area (Å²) in [7, 11) is 0. The van der Waals surface area contributed by atoms with Gasteiger partial charge in [-0.25, -0.2) is 13.6 Å². The van der Waals surface area contributed by atoms with Gasteiger partial charge in [-0.3, -0.25) is 5.32 Å². The van der Waals surface area contributed by atoms with E-state index >= 15 is 0 Å². The van der Waals surface area contributed by atoms with Crippen LogP contribution in [0.4, 0.5) is 19.3 Å². The quantitative estimate of drug-likeness (QED) is 0.755. The Morgan fingerprint density at radius 2 is 2.08 bits per heavy atom. The number of anilines is 1. The number of benzene rings is 1. The monoisotopic (exact) mass is 251 g/mol. The van der Waals surface area contributed by atoms with Gasteiger partial charge in [0.2, 0.25) is 0 Å². The van der Waals surface area contributed by atoms with Crippen LogP contribution in [0, 0.1) is 11.6 Å². The number of carbonyl (C=O) groups is 1. The molecule has 1 amide bonds. The molecule has 0 unspecified atom stereocenters. The van der Waals surface area contributed by atoms with Crippen LogP contribution in [0.15, 0.2) is 16.6 Å². The largest absolute Gasteiger partial charge is 0.465 e. The summed E-state index contributed by atoms with van der Waals surface area (Å²) in [5.41, 5.74) is -0.417. The lowest BCUT2D eigenvalue weighted by molar-refractivity contribution is 0.209. The molecule has 0 saturated heterocycles. The van der Waals surface area contributed by atoms with Crippen molar-refractivity contribution in [1.82, 2.24) is 0 Å². The molecule has 2 N–H and O–H groups in total. The maximum Gasteiger partial charge on any atom is 0.409 e. The van der Waals surface area contributed by atoms with Crippen LogP contribution in [0.25, 0.3) is 0 Å². The predicted octanol–water partition coefficient (Wildman–Crippen LogP) is 2.82. The van der Waals surface area contributed by atoms with E-state index < -0.39 is 23.4 Å².